The van der Waals surface area contributed by atoms with Gasteiger partial charge in [0.2, 0.25) is 0 Å². The van der Waals surface area contributed by atoms with E-state index in [1.807, 2.05) is 6.92 Å². The van der Waals surface area contributed by atoms with Crippen LogP contribution < -0.4 is 29.0 Å². The van der Waals surface area contributed by atoms with Crippen molar-refractivity contribution in [3.63, 3.8) is 0 Å². The molecule has 12 heteroatoms. The van der Waals surface area contributed by atoms with Crippen LogP contribution in [0.5, 0.6) is 23.0 Å². The van der Waals surface area contributed by atoms with E-state index in [-0.39, 0.29) is 15.7 Å². The van der Waals surface area contributed by atoms with Crippen molar-refractivity contribution < 1.29 is 32.2 Å². The van der Waals surface area contributed by atoms with Gasteiger partial charge in [0.15, 0.2) is 6.61 Å². The van der Waals surface area contributed by atoms with E-state index in [0.717, 1.165) is 0 Å². The van der Waals surface area contributed by atoms with Gasteiger partial charge in [-0.15, -0.1) is 0 Å². The molecule has 1 amide bonds. The predicted molar refractivity (Wildman–Crippen MR) is 139 cm³/mol. The molecule has 0 bridgehead atoms. The van der Waals surface area contributed by atoms with Gasteiger partial charge in [0.25, 0.3) is 15.9 Å². The Kier molecular flexibility index (Phi) is 9.14. The molecule has 0 aliphatic rings. The fraction of sp³-hybridized carbons (Fsp3) is 0.208. The number of nitrogens with one attached hydrogen (secondary N) is 2. The number of sulfonamides is 1. The van der Waals surface area contributed by atoms with Gasteiger partial charge in [-0.3, -0.25) is 9.52 Å². The third-order valence-electron chi connectivity index (χ3n) is 4.74. The summed E-state index contributed by atoms with van der Waals surface area (Å²) in [5.41, 5.74) is 0.695. The van der Waals surface area contributed by atoms with Gasteiger partial charge in [0, 0.05) is 17.8 Å². The molecule has 3 aromatic carbocycles. The van der Waals surface area contributed by atoms with E-state index < -0.39 is 22.5 Å². The average molecular weight is 555 g/mol. The molecule has 3 aromatic rings. The monoisotopic (exact) mass is 554 g/mol. The van der Waals surface area contributed by atoms with Crippen LogP contribution in [-0.2, 0) is 14.8 Å². The number of rotatable bonds is 11. The van der Waals surface area contributed by atoms with E-state index in [1.165, 1.54) is 44.6 Å². The molecule has 0 saturated heterocycles. The largest absolute Gasteiger partial charge is 0.495 e. The topological polar surface area (TPSA) is 112 Å². The number of benzene rings is 3. The summed E-state index contributed by atoms with van der Waals surface area (Å²) in [5, 5.41) is 2.98. The highest BCUT2D eigenvalue weighted by Crippen LogP contribution is 2.36. The zero-order valence-electron chi connectivity index (χ0n) is 19.6. The predicted octanol–water partition coefficient (Wildman–Crippen LogP) is 5.23. The van der Waals surface area contributed by atoms with Gasteiger partial charge < -0.3 is 24.3 Å². The Balaban J connectivity index is 1.65. The molecule has 36 heavy (non-hydrogen) atoms. The SMILES string of the molecule is CCOc1ccc(NS(=O)(=O)c2ccc(OCC(=O)Nc3cc(OC)c(Cl)cc3OC)c(Cl)c2)cc1. The molecule has 0 aliphatic heterocycles. The summed E-state index contributed by atoms with van der Waals surface area (Å²) in [6.07, 6.45) is 0. The lowest BCUT2D eigenvalue weighted by atomic mass is 10.2. The average Bonchev–Trinajstić information content (AvgIpc) is 2.85. The Morgan fingerprint density at radius 2 is 1.53 bits per heavy atom. The van der Waals surface area contributed by atoms with Crippen LogP contribution >= 0.6 is 23.2 Å². The van der Waals surface area contributed by atoms with Crippen LogP contribution in [0.2, 0.25) is 10.0 Å². The molecule has 0 spiro atoms. The smallest absolute Gasteiger partial charge is 0.262 e. The van der Waals surface area contributed by atoms with Crippen LogP contribution in [0, 0.1) is 0 Å². The first-order valence-electron chi connectivity index (χ1n) is 10.6. The summed E-state index contributed by atoms with van der Waals surface area (Å²) < 4.78 is 49.2. The second-order valence-electron chi connectivity index (χ2n) is 7.18. The Labute approximate surface area is 219 Å². The number of anilines is 2. The Hall–Kier alpha value is -3.34. The minimum absolute atomic E-state index is 0.0168. The standard InChI is InChI=1S/C24H24Cl2N2O7S/c1-4-34-16-7-5-15(6-8-16)28-36(30,31)17-9-10-21(18(25)11-17)35-14-24(29)27-20-13-22(32-2)19(26)12-23(20)33-3/h5-13,28H,4,14H2,1-3H3,(H,27,29). The number of hydrogen-bond acceptors (Lipinski definition) is 7. The van der Waals surface area contributed by atoms with E-state index >= 15 is 0 Å². The van der Waals surface area contributed by atoms with E-state index in [9.17, 15) is 13.2 Å². The van der Waals surface area contributed by atoms with Crippen molar-refractivity contribution in [1.82, 2.24) is 0 Å². The molecule has 0 aliphatic carbocycles. The van der Waals surface area contributed by atoms with Crippen molar-refractivity contribution in [3.05, 3.63) is 64.6 Å². The van der Waals surface area contributed by atoms with Crippen LogP contribution in [0.1, 0.15) is 6.92 Å². The highest BCUT2D eigenvalue weighted by Gasteiger charge is 2.18. The number of methoxy groups -OCH3 is 2. The van der Waals surface area contributed by atoms with Crippen molar-refractivity contribution in [2.75, 3.05) is 37.5 Å². The molecule has 192 valence electrons. The zero-order valence-corrected chi connectivity index (χ0v) is 22.0. The fourth-order valence-electron chi connectivity index (χ4n) is 3.05. The van der Waals surface area contributed by atoms with Crippen molar-refractivity contribution >= 4 is 50.5 Å². The summed E-state index contributed by atoms with van der Waals surface area (Å²) in [5.74, 6) is 0.937. The third-order valence-corrected chi connectivity index (χ3v) is 6.71. The number of amides is 1. The quantitative estimate of drug-likeness (QED) is 0.333. The van der Waals surface area contributed by atoms with Gasteiger partial charge in [0.1, 0.15) is 23.0 Å². The van der Waals surface area contributed by atoms with E-state index in [2.05, 4.69) is 10.0 Å². The molecular formula is C24H24Cl2N2O7S. The highest BCUT2D eigenvalue weighted by molar-refractivity contribution is 7.92. The number of halogens is 2. The number of carbonyl (C=O) groups is 1. The van der Waals surface area contributed by atoms with Gasteiger partial charge in [-0.2, -0.15) is 0 Å². The molecule has 0 fully saturated rings. The van der Waals surface area contributed by atoms with Crippen molar-refractivity contribution in [2.24, 2.45) is 0 Å². The Morgan fingerprint density at radius 3 is 2.14 bits per heavy atom. The van der Waals surface area contributed by atoms with Gasteiger partial charge in [-0.1, -0.05) is 23.2 Å². The highest BCUT2D eigenvalue weighted by atomic mass is 35.5. The summed E-state index contributed by atoms with van der Waals surface area (Å²) in [6.45, 7) is 1.96. The molecular weight excluding hydrogens is 531 g/mol. The lowest BCUT2D eigenvalue weighted by Gasteiger charge is -2.14. The van der Waals surface area contributed by atoms with E-state index in [4.69, 9.17) is 42.1 Å². The zero-order chi connectivity index (χ0) is 26.3. The second kappa shape index (κ2) is 12.1. The van der Waals surface area contributed by atoms with Crippen molar-refractivity contribution in [1.29, 1.82) is 0 Å². The molecule has 0 atom stereocenters. The summed E-state index contributed by atoms with van der Waals surface area (Å²) in [6, 6.07) is 13.4. The van der Waals surface area contributed by atoms with Crippen LogP contribution in [0.15, 0.2) is 59.5 Å². The van der Waals surface area contributed by atoms with Gasteiger partial charge in [-0.05, 0) is 49.4 Å². The number of ether oxygens (including phenoxy) is 4. The molecule has 0 unspecified atom stereocenters. The first kappa shape index (κ1) is 27.3. The summed E-state index contributed by atoms with van der Waals surface area (Å²) in [7, 11) is -1.03. The molecule has 9 nitrogen and oxygen atoms in total. The third kappa shape index (κ3) is 6.87. The number of hydrogen-bond donors (Lipinski definition) is 2. The van der Waals surface area contributed by atoms with Gasteiger partial charge >= 0.3 is 0 Å². The van der Waals surface area contributed by atoms with Crippen LogP contribution in [0.25, 0.3) is 0 Å². The molecule has 3 rings (SSSR count). The van der Waals surface area contributed by atoms with Gasteiger partial charge in [-0.25, -0.2) is 8.42 Å². The molecule has 0 heterocycles. The fourth-order valence-corrected chi connectivity index (χ4v) is 4.67. The minimum atomic E-state index is -3.91. The van der Waals surface area contributed by atoms with E-state index in [1.54, 1.807) is 24.3 Å². The van der Waals surface area contributed by atoms with Crippen LogP contribution in [0.4, 0.5) is 11.4 Å². The van der Waals surface area contributed by atoms with Crippen LogP contribution in [0.3, 0.4) is 0 Å². The molecule has 0 radical (unpaired) electrons. The van der Waals surface area contributed by atoms with E-state index in [0.29, 0.717) is 40.3 Å². The first-order valence-corrected chi connectivity index (χ1v) is 12.8. The molecule has 0 aromatic heterocycles. The first-order chi connectivity index (χ1) is 17.2. The van der Waals surface area contributed by atoms with Gasteiger partial charge in [0.05, 0.1) is 41.5 Å². The Bertz CT molecular complexity index is 1330. The van der Waals surface area contributed by atoms with Crippen molar-refractivity contribution in [2.45, 2.75) is 11.8 Å². The maximum Gasteiger partial charge on any atom is 0.262 e. The van der Waals surface area contributed by atoms with Crippen molar-refractivity contribution in [3.8, 4) is 23.0 Å². The van der Waals surface area contributed by atoms with Crippen LogP contribution in [-0.4, -0.2) is 41.8 Å². The lowest BCUT2D eigenvalue weighted by Crippen LogP contribution is -2.20. The molecule has 2 N–H and O–H groups in total. The second-order valence-corrected chi connectivity index (χ2v) is 9.68. The molecule has 0 saturated carbocycles. The summed E-state index contributed by atoms with van der Waals surface area (Å²) in [4.78, 5) is 12.3. The maximum absolute atomic E-state index is 12.7. The normalized spacial score (nSPS) is 10.9. The Morgan fingerprint density at radius 1 is 0.861 bits per heavy atom. The summed E-state index contributed by atoms with van der Waals surface area (Å²) >= 11 is 12.3. The lowest BCUT2D eigenvalue weighted by molar-refractivity contribution is -0.118. The number of carbonyl (C=O) groups excluding carboxylic acids is 1. The maximum atomic E-state index is 12.7. The minimum Gasteiger partial charge on any atom is -0.495 e.